The molecule has 2 heterocycles. The highest BCUT2D eigenvalue weighted by molar-refractivity contribution is 6.30. The Labute approximate surface area is 117 Å². The summed E-state index contributed by atoms with van der Waals surface area (Å²) in [6, 6.07) is 11.8. The van der Waals surface area contributed by atoms with Gasteiger partial charge in [-0.1, -0.05) is 35.9 Å². The fraction of sp³-hybridized carbons (Fsp3) is 0.0625. The number of aryl methyl sites for hydroxylation is 1. The van der Waals surface area contributed by atoms with E-state index in [0.717, 1.165) is 21.9 Å². The first kappa shape index (κ1) is 12.0. The van der Waals surface area contributed by atoms with E-state index in [9.17, 15) is 0 Å². The smallest absolute Gasteiger partial charge is 0.137 e. The molecule has 3 rings (SSSR count). The molecule has 0 amide bonds. The van der Waals surface area contributed by atoms with E-state index in [2.05, 4.69) is 24.2 Å². The van der Waals surface area contributed by atoms with E-state index in [1.807, 2.05) is 53.1 Å². The van der Waals surface area contributed by atoms with Crippen molar-refractivity contribution >= 4 is 29.4 Å². The molecule has 0 radical (unpaired) electrons. The van der Waals surface area contributed by atoms with E-state index in [0.29, 0.717) is 0 Å². The number of aromatic nitrogens is 2. The molecule has 0 unspecified atom stereocenters. The van der Waals surface area contributed by atoms with Gasteiger partial charge < -0.3 is 4.40 Å². The molecule has 0 aliphatic rings. The van der Waals surface area contributed by atoms with Crippen LogP contribution in [-0.4, -0.2) is 9.38 Å². The lowest BCUT2D eigenvalue weighted by atomic mass is 10.2. The maximum Gasteiger partial charge on any atom is 0.137 e. The van der Waals surface area contributed by atoms with Crippen LogP contribution in [0.1, 0.15) is 16.8 Å². The Balaban J connectivity index is 1.90. The molecule has 0 aliphatic carbocycles. The highest BCUT2D eigenvalue weighted by Gasteiger charge is 1.98. The highest BCUT2D eigenvalue weighted by Crippen LogP contribution is 2.13. The first-order chi connectivity index (χ1) is 9.20. The van der Waals surface area contributed by atoms with Crippen molar-refractivity contribution in [1.29, 1.82) is 0 Å². The lowest BCUT2D eigenvalue weighted by Gasteiger charge is -1.93. The van der Waals surface area contributed by atoms with Crippen LogP contribution >= 0.6 is 11.6 Å². The van der Waals surface area contributed by atoms with E-state index in [-0.39, 0.29) is 0 Å². The van der Waals surface area contributed by atoms with Crippen LogP contribution in [0.25, 0.3) is 17.8 Å². The Morgan fingerprint density at radius 3 is 2.58 bits per heavy atom. The van der Waals surface area contributed by atoms with E-state index in [1.54, 1.807) is 0 Å². The summed E-state index contributed by atoms with van der Waals surface area (Å²) in [6.45, 7) is 2.07. The molecule has 3 heteroatoms. The topological polar surface area (TPSA) is 17.3 Å². The number of nitrogens with zero attached hydrogens (tertiary/aromatic N) is 2. The molecular weight excluding hydrogens is 256 g/mol. The number of benzene rings is 1. The molecule has 3 aromatic rings. The third kappa shape index (κ3) is 2.69. The summed E-state index contributed by atoms with van der Waals surface area (Å²) in [6.07, 6.45) is 8.13. The Morgan fingerprint density at radius 1 is 1.00 bits per heavy atom. The average molecular weight is 269 g/mol. The first-order valence-electron chi connectivity index (χ1n) is 6.10. The standard InChI is InChI=1S/C16H13ClN2/c1-12-2-9-16-18-15(11-19(16)10-12)8-5-13-3-6-14(17)7-4-13/h2-11H,1H3/b8-5+. The van der Waals surface area contributed by atoms with E-state index in [1.165, 1.54) is 5.56 Å². The number of hydrogen-bond donors (Lipinski definition) is 0. The molecule has 0 fully saturated rings. The van der Waals surface area contributed by atoms with Crippen molar-refractivity contribution in [3.8, 4) is 0 Å². The summed E-state index contributed by atoms with van der Waals surface area (Å²) in [4.78, 5) is 4.54. The van der Waals surface area contributed by atoms with Gasteiger partial charge in [-0.15, -0.1) is 0 Å². The van der Waals surface area contributed by atoms with Crippen molar-refractivity contribution in [2.45, 2.75) is 6.92 Å². The van der Waals surface area contributed by atoms with Gasteiger partial charge in [0.15, 0.2) is 0 Å². The van der Waals surface area contributed by atoms with Gasteiger partial charge in [-0.25, -0.2) is 4.98 Å². The minimum Gasteiger partial charge on any atom is -0.306 e. The highest BCUT2D eigenvalue weighted by atomic mass is 35.5. The predicted molar refractivity (Wildman–Crippen MR) is 80.3 cm³/mol. The van der Waals surface area contributed by atoms with Gasteiger partial charge in [0, 0.05) is 17.4 Å². The summed E-state index contributed by atoms with van der Waals surface area (Å²) < 4.78 is 2.04. The Hall–Kier alpha value is -2.06. The van der Waals surface area contributed by atoms with Crippen molar-refractivity contribution in [2.24, 2.45) is 0 Å². The third-order valence-corrected chi connectivity index (χ3v) is 3.19. The zero-order valence-electron chi connectivity index (χ0n) is 10.5. The van der Waals surface area contributed by atoms with E-state index < -0.39 is 0 Å². The van der Waals surface area contributed by atoms with Crippen LogP contribution in [0.4, 0.5) is 0 Å². The summed E-state index contributed by atoms with van der Waals surface area (Å²) in [5, 5.41) is 0.750. The normalized spacial score (nSPS) is 11.5. The minimum atomic E-state index is 0.750. The van der Waals surface area contributed by atoms with Crippen LogP contribution in [0.3, 0.4) is 0 Å². The maximum atomic E-state index is 5.86. The number of pyridine rings is 1. The molecule has 0 spiro atoms. The van der Waals surface area contributed by atoms with Gasteiger partial charge >= 0.3 is 0 Å². The molecule has 0 bridgehead atoms. The second-order valence-electron chi connectivity index (χ2n) is 4.52. The molecule has 1 aromatic carbocycles. The van der Waals surface area contributed by atoms with Crippen LogP contribution in [0, 0.1) is 6.92 Å². The van der Waals surface area contributed by atoms with Gasteiger partial charge in [0.2, 0.25) is 0 Å². The van der Waals surface area contributed by atoms with Gasteiger partial charge in [-0.05, 0) is 42.3 Å². The maximum absolute atomic E-state index is 5.86. The van der Waals surface area contributed by atoms with Crippen molar-refractivity contribution in [1.82, 2.24) is 9.38 Å². The molecule has 2 aromatic heterocycles. The summed E-state index contributed by atoms with van der Waals surface area (Å²) >= 11 is 5.86. The van der Waals surface area contributed by atoms with Gasteiger partial charge in [0.1, 0.15) is 5.65 Å². The van der Waals surface area contributed by atoms with Crippen LogP contribution < -0.4 is 0 Å². The first-order valence-corrected chi connectivity index (χ1v) is 6.47. The van der Waals surface area contributed by atoms with Gasteiger partial charge in [-0.2, -0.15) is 0 Å². The fourth-order valence-corrected chi connectivity index (χ4v) is 2.08. The van der Waals surface area contributed by atoms with Crippen molar-refractivity contribution in [3.05, 3.63) is 70.6 Å². The Bertz CT molecular complexity index is 739. The van der Waals surface area contributed by atoms with Crippen LogP contribution in [-0.2, 0) is 0 Å². The summed E-state index contributed by atoms with van der Waals surface area (Å²) in [5.41, 5.74) is 4.23. The van der Waals surface area contributed by atoms with Crippen molar-refractivity contribution in [3.63, 3.8) is 0 Å². The molecule has 0 saturated carbocycles. The predicted octanol–water partition coefficient (Wildman–Crippen LogP) is 4.47. The molecule has 2 nitrogen and oxygen atoms in total. The lowest BCUT2D eigenvalue weighted by Crippen LogP contribution is -1.82. The number of hydrogen-bond acceptors (Lipinski definition) is 1. The molecule has 0 atom stereocenters. The zero-order chi connectivity index (χ0) is 13.2. The van der Waals surface area contributed by atoms with Gasteiger partial charge in [0.25, 0.3) is 0 Å². The number of halogens is 1. The Kier molecular flexibility index (Phi) is 3.10. The molecular formula is C16H13ClN2. The van der Waals surface area contributed by atoms with Gasteiger partial charge in [0.05, 0.1) is 5.69 Å². The van der Waals surface area contributed by atoms with Crippen LogP contribution in [0.15, 0.2) is 48.8 Å². The molecule has 94 valence electrons. The molecule has 0 aliphatic heterocycles. The second-order valence-corrected chi connectivity index (χ2v) is 4.96. The number of rotatable bonds is 2. The van der Waals surface area contributed by atoms with E-state index >= 15 is 0 Å². The quantitative estimate of drug-likeness (QED) is 0.670. The van der Waals surface area contributed by atoms with Crippen LogP contribution in [0.2, 0.25) is 5.02 Å². The lowest BCUT2D eigenvalue weighted by molar-refractivity contribution is 1.16. The van der Waals surface area contributed by atoms with E-state index in [4.69, 9.17) is 11.6 Å². The zero-order valence-corrected chi connectivity index (χ0v) is 11.3. The van der Waals surface area contributed by atoms with Gasteiger partial charge in [-0.3, -0.25) is 0 Å². The SMILES string of the molecule is Cc1ccc2nc(/C=C/c3ccc(Cl)cc3)cn2c1. The minimum absolute atomic E-state index is 0.750. The van der Waals surface area contributed by atoms with Crippen LogP contribution in [0.5, 0.6) is 0 Å². The summed E-state index contributed by atoms with van der Waals surface area (Å²) in [7, 11) is 0. The third-order valence-electron chi connectivity index (χ3n) is 2.93. The second kappa shape index (κ2) is 4.90. The molecule has 0 saturated heterocycles. The Morgan fingerprint density at radius 2 is 1.79 bits per heavy atom. The largest absolute Gasteiger partial charge is 0.306 e. The fourth-order valence-electron chi connectivity index (χ4n) is 1.96. The average Bonchev–Trinajstić information content (AvgIpc) is 2.80. The molecule has 0 N–H and O–H groups in total. The van der Waals surface area contributed by atoms with Crippen molar-refractivity contribution < 1.29 is 0 Å². The number of fused-ring (bicyclic) bond motifs is 1. The monoisotopic (exact) mass is 268 g/mol. The molecule has 19 heavy (non-hydrogen) atoms. The summed E-state index contributed by atoms with van der Waals surface area (Å²) in [5.74, 6) is 0. The van der Waals surface area contributed by atoms with Crippen molar-refractivity contribution in [2.75, 3.05) is 0 Å². The number of imidazole rings is 1.